The number of rotatable bonds is 1. The van der Waals surface area contributed by atoms with Gasteiger partial charge < -0.3 is 4.74 Å². The summed E-state index contributed by atoms with van der Waals surface area (Å²) < 4.78 is 52.4. The lowest BCUT2D eigenvalue weighted by molar-refractivity contribution is 0.0852. The first-order valence-electron chi connectivity index (χ1n) is 6.33. The number of halogens is 1. The second kappa shape index (κ2) is 3.85. The standard InChI is InChI=1S/C8H10BrNOS/c9-7-5-12-8(10-7)6-1-3-11-4-2-6/h5-6H,1-4H2/i1D2,2D2,5D,6D. The van der Waals surface area contributed by atoms with Crippen molar-refractivity contribution in [1.29, 1.82) is 0 Å². The van der Waals surface area contributed by atoms with Crippen LogP contribution in [0.2, 0.25) is 0 Å². The maximum absolute atomic E-state index is 8.29. The highest BCUT2D eigenvalue weighted by molar-refractivity contribution is 9.10. The summed E-state index contributed by atoms with van der Waals surface area (Å²) in [6.45, 7) is -0.721. The van der Waals surface area contributed by atoms with Gasteiger partial charge in [-0.1, -0.05) is 0 Å². The molecule has 0 radical (unpaired) electrons. The maximum Gasteiger partial charge on any atom is 0.117 e. The van der Waals surface area contributed by atoms with E-state index >= 15 is 0 Å². The van der Waals surface area contributed by atoms with Crippen molar-refractivity contribution in [1.82, 2.24) is 4.98 Å². The fourth-order valence-electron chi connectivity index (χ4n) is 0.843. The van der Waals surface area contributed by atoms with E-state index in [0.29, 0.717) is 0 Å². The van der Waals surface area contributed by atoms with Gasteiger partial charge in [0.1, 0.15) is 4.60 Å². The van der Waals surface area contributed by atoms with Gasteiger partial charge in [0.05, 0.1) is 6.38 Å². The molecule has 2 heterocycles. The average molecular weight is 254 g/mol. The predicted molar refractivity (Wildman–Crippen MR) is 52.6 cm³/mol. The van der Waals surface area contributed by atoms with Gasteiger partial charge in [-0.05, 0) is 28.7 Å². The zero-order valence-electron chi connectivity index (χ0n) is 12.1. The average Bonchev–Trinajstić information content (AvgIpc) is 2.55. The molecule has 0 aromatic carbocycles. The summed E-state index contributed by atoms with van der Waals surface area (Å²) in [6, 6.07) is 0. The van der Waals surface area contributed by atoms with Gasteiger partial charge in [-0.15, -0.1) is 11.3 Å². The largest absolute Gasteiger partial charge is 0.381 e. The van der Waals surface area contributed by atoms with Crippen molar-refractivity contribution in [3.63, 3.8) is 0 Å². The molecule has 1 aliphatic heterocycles. The summed E-state index contributed by atoms with van der Waals surface area (Å²) >= 11 is 3.84. The van der Waals surface area contributed by atoms with Gasteiger partial charge in [0.2, 0.25) is 0 Å². The molecule has 12 heavy (non-hydrogen) atoms. The third-order valence-electron chi connectivity index (χ3n) is 1.35. The molecule has 1 saturated heterocycles. The van der Waals surface area contributed by atoms with Crippen molar-refractivity contribution < 1.29 is 13.0 Å². The molecule has 0 N–H and O–H groups in total. The summed E-state index contributed by atoms with van der Waals surface area (Å²) in [7, 11) is 0. The molecular formula is C8H10BrNOS. The Kier molecular flexibility index (Phi) is 1.31. The van der Waals surface area contributed by atoms with E-state index in [-0.39, 0.29) is 28.2 Å². The zero-order chi connectivity index (χ0) is 13.8. The van der Waals surface area contributed by atoms with Crippen LogP contribution < -0.4 is 0 Å². The van der Waals surface area contributed by atoms with Crippen LogP contribution in [0.1, 0.15) is 31.9 Å². The van der Waals surface area contributed by atoms with Crippen molar-refractivity contribution in [2.75, 3.05) is 13.2 Å². The summed E-state index contributed by atoms with van der Waals surface area (Å²) in [4.78, 5) is 3.92. The molecule has 0 bridgehead atoms. The van der Waals surface area contributed by atoms with E-state index in [9.17, 15) is 0 Å². The normalized spacial score (nSPS) is 38.1. The van der Waals surface area contributed by atoms with Crippen molar-refractivity contribution in [3.8, 4) is 0 Å². The number of aromatic nitrogens is 1. The lowest BCUT2D eigenvalue weighted by atomic mass is 10.0. The molecular weight excluding hydrogens is 238 g/mol. The third-order valence-corrected chi connectivity index (χ3v) is 2.77. The minimum Gasteiger partial charge on any atom is -0.381 e. The Bertz CT molecular complexity index is 443. The highest BCUT2D eigenvalue weighted by atomic mass is 79.9. The number of nitrogens with zero attached hydrogens (tertiary/aromatic N) is 1. The van der Waals surface area contributed by atoms with E-state index in [2.05, 4.69) is 20.9 Å². The molecule has 4 heteroatoms. The number of thiazole rings is 1. The molecule has 1 aromatic rings. The van der Waals surface area contributed by atoms with Gasteiger partial charge >= 0.3 is 0 Å². The van der Waals surface area contributed by atoms with Gasteiger partial charge in [-0.25, -0.2) is 4.98 Å². The molecule has 1 fully saturated rings. The fourth-order valence-corrected chi connectivity index (χ4v) is 1.99. The van der Waals surface area contributed by atoms with E-state index in [1.165, 1.54) is 0 Å². The van der Waals surface area contributed by atoms with Crippen LogP contribution in [0.5, 0.6) is 0 Å². The summed E-state index contributed by atoms with van der Waals surface area (Å²) in [5.74, 6) is -2.18. The van der Waals surface area contributed by atoms with Crippen LogP contribution >= 0.6 is 27.3 Å². The Morgan fingerprint density at radius 3 is 3.17 bits per heavy atom. The third kappa shape index (κ3) is 1.87. The second-order valence-electron chi connectivity index (χ2n) is 2.13. The first-order valence-corrected chi connectivity index (χ1v) is 4.94. The van der Waals surface area contributed by atoms with Gasteiger partial charge in [0, 0.05) is 31.3 Å². The lowest BCUT2D eigenvalue weighted by Crippen LogP contribution is -2.13. The van der Waals surface area contributed by atoms with Crippen molar-refractivity contribution >= 4 is 27.3 Å². The Labute approximate surface area is 92.5 Å². The second-order valence-corrected chi connectivity index (χ2v) is 3.68. The van der Waals surface area contributed by atoms with Crippen LogP contribution in [-0.2, 0) is 4.74 Å². The van der Waals surface area contributed by atoms with Crippen LogP contribution in [0, 0.1) is 0 Å². The van der Waals surface area contributed by atoms with E-state index in [4.69, 9.17) is 13.0 Å². The molecule has 1 aliphatic rings. The highest BCUT2D eigenvalue weighted by Crippen LogP contribution is 2.30. The first kappa shape index (κ1) is 4.07. The van der Waals surface area contributed by atoms with Gasteiger partial charge in [-0.2, -0.15) is 0 Å². The minimum absolute atomic E-state index is 0.0438. The molecule has 0 atom stereocenters. The summed E-state index contributed by atoms with van der Waals surface area (Å²) in [6.07, 6.45) is -4.42. The molecule has 0 unspecified atom stereocenters. The quantitative estimate of drug-likeness (QED) is 0.768. The maximum atomic E-state index is 8.29. The molecule has 0 aliphatic carbocycles. The topological polar surface area (TPSA) is 22.1 Å². The number of hydrogen-bond acceptors (Lipinski definition) is 3. The van der Waals surface area contributed by atoms with Crippen LogP contribution in [0.4, 0.5) is 0 Å². The highest BCUT2D eigenvalue weighted by Gasteiger charge is 2.18. The van der Waals surface area contributed by atoms with Crippen LogP contribution in [-0.4, -0.2) is 18.2 Å². The number of ether oxygens (including phenoxy) is 1. The molecule has 0 saturated carbocycles. The Morgan fingerprint density at radius 1 is 1.83 bits per heavy atom. The summed E-state index contributed by atoms with van der Waals surface area (Å²) in [5, 5.41) is 0.00684. The van der Waals surface area contributed by atoms with Crippen LogP contribution in [0.15, 0.2) is 9.96 Å². The number of hydrogen-bond donors (Lipinski definition) is 0. The SMILES string of the molecule is [2H]c1sc(C2([2H])C([2H])([2H])COCC2([2H])[2H])nc1Br. The molecule has 0 spiro atoms. The molecule has 2 rings (SSSR count). The van der Waals surface area contributed by atoms with Crippen molar-refractivity contribution in [3.05, 3.63) is 15.0 Å². The minimum atomic E-state index is -2.21. The van der Waals surface area contributed by atoms with E-state index < -0.39 is 18.6 Å². The Morgan fingerprint density at radius 2 is 2.58 bits per heavy atom. The van der Waals surface area contributed by atoms with Gasteiger partial charge in [0.15, 0.2) is 0 Å². The molecule has 2 nitrogen and oxygen atoms in total. The Hall–Kier alpha value is 0.0700. The first-order chi connectivity index (χ1) is 8.12. The summed E-state index contributed by atoms with van der Waals surface area (Å²) in [5.41, 5.74) is 0. The fraction of sp³-hybridized carbons (Fsp3) is 0.625. The van der Waals surface area contributed by atoms with E-state index in [1.807, 2.05) is 0 Å². The van der Waals surface area contributed by atoms with Crippen LogP contribution in [0.3, 0.4) is 0 Å². The predicted octanol–water partition coefficient (Wildman–Crippen LogP) is 2.80. The van der Waals surface area contributed by atoms with Crippen LogP contribution in [0.25, 0.3) is 0 Å². The van der Waals surface area contributed by atoms with Gasteiger partial charge in [0.25, 0.3) is 0 Å². The zero-order valence-corrected chi connectivity index (χ0v) is 8.46. The Balaban J connectivity index is 2.60. The molecule has 0 amide bonds. The molecule has 1 aromatic heterocycles. The lowest BCUT2D eigenvalue weighted by Gasteiger charge is -2.19. The van der Waals surface area contributed by atoms with E-state index in [1.54, 1.807) is 0 Å². The van der Waals surface area contributed by atoms with Gasteiger partial charge in [-0.3, -0.25) is 0 Å². The van der Waals surface area contributed by atoms with E-state index in [0.717, 1.165) is 11.3 Å². The molecule has 66 valence electrons. The monoisotopic (exact) mass is 253 g/mol. The van der Waals surface area contributed by atoms with Crippen molar-refractivity contribution in [2.45, 2.75) is 18.6 Å². The smallest absolute Gasteiger partial charge is 0.117 e. The van der Waals surface area contributed by atoms with Crippen molar-refractivity contribution in [2.24, 2.45) is 0 Å².